The third kappa shape index (κ3) is 3.73. The van der Waals surface area contributed by atoms with Crippen molar-refractivity contribution in [2.45, 2.75) is 26.8 Å². The van der Waals surface area contributed by atoms with Gasteiger partial charge >= 0.3 is 0 Å². The molecule has 2 N–H and O–H groups in total. The van der Waals surface area contributed by atoms with E-state index in [1.807, 2.05) is 0 Å². The molecule has 0 aliphatic rings. The summed E-state index contributed by atoms with van der Waals surface area (Å²) in [5, 5.41) is 3.20. The van der Waals surface area contributed by atoms with E-state index in [9.17, 15) is 4.79 Å². The van der Waals surface area contributed by atoms with Crippen molar-refractivity contribution in [1.29, 1.82) is 0 Å². The van der Waals surface area contributed by atoms with Crippen molar-refractivity contribution in [3.8, 4) is 5.75 Å². The molecule has 0 saturated carbocycles. The fourth-order valence-electron chi connectivity index (χ4n) is 1.83. The maximum Gasteiger partial charge on any atom is 0.295 e. The maximum absolute atomic E-state index is 11.5. The fraction of sp³-hybridized carbons (Fsp3) is 0.667. The molecule has 1 aromatic heterocycles. The molecule has 0 aliphatic carbocycles. The van der Waals surface area contributed by atoms with Crippen molar-refractivity contribution in [2.24, 2.45) is 0 Å². The Balaban J connectivity index is 2.72. The Bertz CT molecular complexity index is 415. The summed E-state index contributed by atoms with van der Waals surface area (Å²) in [6, 6.07) is 0.188. The van der Waals surface area contributed by atoms with Gasteiger partial charge in [-0.2, -0.15) is 0 Å². The minimum Gasteiger partial charge on any atom is -0.489 e. The molecule has 0 saturated heterocycles. The van der Waals surface area contributed by atoms with Gasteiger partial charge in [-0.3, -0.25) is 4.79 Å². The molecule has 0 amide bonds. The molecule has 0 aromatic carbocycles. The number of nitrogens with zero attached hydrogens (tertiary/aromatic N) is 2. The largest absolute Gasteiger partial charge is 0.489 e. The van der Waals surface area contributed by atoms with Crippen LogP contribution in [0.2, 0.25) is 0 Å². The zero-order valence-corrected chi connectivity index (χ0v) is 11.5. The first-order valence-electron chi connectivity index (χ1n) is 6.22. The normalized spacial score (nSPS) is 12.5. The highest BCUT2D eigenvalue weighted by molar-refractivity contribution is 5.48. The Morgan fingerprint density at radius 1 is 1.50 bits per heavy atom. The number of hydrogen-bond acceptors (Lipinski definition) is 5. The van der Waals surface area contributed by atoms with Gasteiger partial charge in [0, 0.05) is 12.6 Å². The number of aromatic amines is 1. The number of ether oxygens (including phenoxy) is 1. The second-order valence-corrected chi connectivity index (χ2v) is 4.14. The highest BCUT2D eigenvalue weighted by Crippen LogP contribution is 2.15. The average Bonchev–Trinajstić information content (AvgIpc) is 2.36. The lowest BCUT2D eigenvalue weighted by molar-refractivity contribution is 0.294. The van der Waals surface area contributed by atoms with Crippen LogP contribution in [0.15, 0.2) is 11.1 Å². The van der Waals surface area contributed by atoms with E-state index in [1.54, 1.807) is 0 Å². The molecule has 1 atom stereocenters. The molecular formula is C12H22N4O2. The number of aromatic nitrogens is 2. The molecule has 1 unspecified atom stereocenters. The van der Waals surface area contributed by atoms with Crippen molar-refractivity contribution in [1.82, 2.24) is 14.9 Å². The van der Waals surface area contributed by atoms with Crippen LogP contribution in [0.25, 0.3) is 0 Å². The van der Waals surface area contributed by atoms with E-state index >= 15 is 0 Å². The Kier molecular flexibility index (Phi) is 5.64. The van der Waals surface area contributed by atoms with Crippen molar-refractivity contribution in [2.75, 3.05) is 32.1 Å². The van der Waals surface area contributed by atoms with Gasteiger partial charge in [-0.15, -0.1) is 0 Å². The van der Waals surface area contributed by atoms with E-state index in [4.69, 9.17) is 4.74 Å². The Morgan fingerprint density at radius 3 is 2.72 bits per heavy atom. The maximum atomic E-state index is 11.5. The lowest BCUT2D eigenvalue weighted by atomic mass is 10.3. The van der Waals surface area contributed by atoms with Crippen LogP contribution in [0.1, 0.15) is 20.8 Å². The lowest BCUT2D eigenvalue weighted by Gasteiger charge is -2.24. The van der Waals surface area contributed by atoms with Crippen LogP contribution in [0.4, 0.5) is 5.82 Å². The van der Waals surface area contributed by atoms with Crippen molar-refractivity contribution in [3.63, 3.8) is 0 Å². The molecule has 0 aliphatic heterocycles. The van der Waals surface area contributed by atoms with Gasteiger partial charge < -0.3 is 19.9 Å². The van der Waals surface area contributed by atoms with Crippen molar-refractivity contribution >= 4 is 5.82 Å². The number of likely N-dealkylation sites (N-methyl/N-ethyl adjacent to an activating group) is 1. The Morgan fingerprint density at radius 2 is 2.17 bits per heavy atom. The van der Waals surface area contributed by atoms with E-state index < -0.39 is 0 Å². The van der Waals surface area contributed by atoms with E-state index in [-0.39, 0.29) is 17.4 Å². The summed E-state index contributed by atoms with van der Waals surface area (Å²) in [5.41, 5.74) is -0.273. The molecule has 0 spiro atoms. The van der Waals surface area contributed by atoms with Gasteiger partial charge in [-0.25, -0.2) is 4.98 Å². The standard InChI is InChI=1S/C12H22N4O2/c1-5-16(6-2)7-9(3)15-11-10(18-4)12(17)14-8-13-11/h8-9H,5-7H2,1-4H3,(H2,13,14,15,17). The number of anilines is 1. The Labute approximate surface area is 107 Å². The van der Waals surface area contributed by atoms with E-state index in [1.165, 1.54) is 13.4 Å². The van der Waals surface area contributed by atoms with Gasteiger partial charge in [0.1, 0.15) is 0 Å². The molecule has 6 heteroatoms. The van der Waals surface area contributed by atoms with Gasteiger partial charge in [0.2, 0.25) is 5.75 Å². The summed E-state index contributed by atoms with van der Waals surface area (Å²) >= 11 is 0. The topological polar surface area (TPSA) is 70.2 Å². The molecular weight excluding hydrogens is 232 g/mol. The monoisotopic (exact) mass is 254 g/mol. The van der Waals surface area contributed by atoms with Gasteiger partial charge in [-0.1, -0.05) is 13.8 Å². The number of methoxy groups -OCH3 is 1. The highest BCUT2D eigenvalue weighted by atomic mass is 16.5. The Hall–Kier alpha value is -1.56. The van der Waals surface area contributed by atoms with Gasteiger partial charge in [0.05, 0.1) is 13.4 Å². The summed E-state index contributed by atoms with van der Waals surface area (Å²) in [4.78, 5) is 20.4. The molecule has 1 rings (SSSR count). The first-order chi connectivity index (χ1) is 8.62. The van der Waals surface area contributed by atoms with E-state index in [0.717, 1.165) is 19.6 Å². The molecule has 0 fully saturated rings. The number of hydrogen-bond donors (Lipinski definition) is 2. The predicted octanol–water partition coefficient (Wildman–Crippen LogP) is 0.921. The smallest absolute Gasteiger partial charge is 0.295 e. The van der Waals surface area contributed by atoms with Gasteiger partial charge in [0.25, 0.3) is 5.56 Å². The SMILES string of the molecule is CCN(CC)CC(C)Nc1nc[nH]c(=O)c1OC. The molecule has 1 heterocycles. The molecule has 0 radical (unpaired) electrons. The molecule has 102 valence electrons. The molecule has 1 aromatic rings. The summed E-state index contributed by atoms with van der Waals surface area (Å²) in [6.45, 7) is 9.21. The highest BCUT2D eigenvalue weighted by Gasteiger charge is 2.13. The summed E-state index contributed by atoms with van der Waals surface area (Å²) in [7, 11) is 1.46. The predicted molar refractivity (Wildman–Crippen MR) is 72.3 cm³/mol. The molecule has 0 bridgehead atoms. The summed E-state index contributed by atoms with van der Waals surface area (Å²) in [6.07, 6.45) is 1.37. The van der Waals surface area contributed by atoms with E-state index in [0.29, 0.717) is 5.82 Å². The van der Waals surface area contributed by atoms with Crippen LogP contribution in [-0.4, -0.2) is 47.7 Å². The zero-order valence-electron chi connectivity index (χ0n) is 11.5. The number of rotatable bonds is 7. The average molecular weight is 254 g/mol. The van der Waals surface area contributed by atoms with Crippen LogP contribution >= 0.6 is 0 Å². The molecule has 18 heavy (non-hydrogen) atoms. The number of H-pyrrole nitrogens is 1. The van der Waals surface area contributed by atoms with Crippen LogP contribution in [0, 0.1) is 0 Å². The van der Waals surface area contributed by atoms with Gasteiger partial charge in [0.15, 0.2) is 5.82 Å². The quantitative estimate of drug-likeness (QED) is 0.757. The first kappa shape index (κ1) is 14.5. The van der Waals surface area contributed by atoms with Crippen LogP contribution in [0.5, 0.6) is 5.75 Å². The first-order valence-corrected chi connectivity index (χ1v) is 6.22. The summed E-state index contributed by atoms with van der Waals surface area (Å²) in [5.74, 6) is 0.713. The van der Waals surface area contributed by atoms with Crippen molar-refractivity contribution in [3.05, 3.63) is 16.7 Å². The minimum atomic E-state index is -0.273. The second-order valence-electron chi connectivity index (χ2n) is 4.14. The second kappa shape index (κ2) is 7.00. The number of nitrogens with one attached hydrogen (secondary N) is 2. The lowest BCUT2D eigenvalue weighted by Crippen LogP contribution is -2.35. The van der Waals surface area contributed by atoms with Crippen LogP contribution < -0.4 is 15.6 Å². The minimum absolute atomic E-state index is 0.188. The summed E-state index contributed by atoms with van der Waals surface area (Å²) < 4.78 is 5.05. The van der Waals surface area contributed by atoms with E-state index in [2.05, 4.69) is 41.0 Å². The van der Waals surface area contributed by atoms with Crippen molar-refractivity contribution < 1.29 is 4.74 Å². The fourth-order valence-corrected chi connectivity index (χ4v) is 1.83. The third-order valence-electron chi connectivity index (χ3n) is 2.82. The van der Waals surface area contributed by atoms with Crippen LogP contribution in [0.3, 0.4) is 0 Å². The van der Waals surface area contributed by atoms with Gasteiger partial charge in [-0.05, 0) is 20.0 Å². The molecule has 6 nitrogen and oxygen atoms in total. The van der Waals surface area contributed by atoms with Crippen LogP contribution in [-0.2, 0) is 0 Å². The zero-order chi connectivity index (χ0) is 13.5. The third-order valence-corrected chi connectivity index (χ3v) is 2.82.